The lowest BCUT2D eigenvalue weighted by Crippen LogP contribution is -2.35. The van der Waals surface area contributed by atoms with Crippen LogP contribution in [0.1, 0.15) is 35.3 Å². The van der Waals surface area contributed by atoms with Gasteiger partial charge in [0, 0.05) is 36.0 Å². The van der Waals surface area contributed by atoms with Crippen molar-refractivity contribution in [2.45, 2.75) is 26.2 Å². The summed E-state index contributed by atoms with van der Waals surface area (Å²) in [7, 11) is 1.53. The third kappa shape index (κ3) is 4.67. The van der Waals surface area contributed by atoms with E-state index in [1.165, 1.54) is 30.8 Å². The van der Waals surface area contributed by atoms with E-state index < -0.39 is 0 Å². The Morgan fingerprint density at radius 1 is 1.11 bits per heavy atom. The van der Waals surface area contributed by atoms with E-state index in [1.54, 1.807) is 23.2 Å². The standard InChI is InChI=1S/C24H21ClN6O3S/c1-13-7-15(16-9-20(25)27-12-18(16)34-2)17(11-26-13)23(33)30-24-29-22-19(35-24)8-14(10-28-22)31-6-4-3-5-21(31)32/h7-12H,3-6H2,1-2H3,(H,28,29,30,33). The molecular formula is C24H21ClN6O3S. The number of fused-ring (bicyclic) bond motifs is 1. The summed E-state index contributed by atoms with van der Waals surface area (Å²) < 4.78 is 6.22. The number of methoxy groups -OCH3 is 1. The summed E-state index contributed by atoms with van der Waals surface area (Å²) in [6.07, 6.45) is 7.10. The van der Waals surface area contributed by atoms with E-state index in [2.05, 4.69) is 25.3 Å². The van der Waals surface area contributed by atoms with Crippen LogP contribution in [0.25, 0.3) is 21.5 Å². The van der Waals surface area contributed by atoms with Gasteiger partial charge in [0.25, 0.3) is 5.91 Å². The predicted octanol–water partition coefficient (Wildman–Crippen LogP) is 4.89. The summed E-state index contributed by atoms with van der Waals surface area (Å²) in [6.45, 7) is 2.52. The first-order valence-electron chi connectivity index (χ1n) is 11.0. The summed E-state index contributed by atoms with van der Waals surface area (Å²) >= 11 is 7.42. The Kier molecular flexibility index (Phi) is 6.31. The van der Waals surface area contributed by atoms with Gasteiger partial charge in [-0.25, -0.2) is 9.97 Å². The molecule has 4 aromatic rings. The van der Waals surface area contributed by atoms with Crippen LogP contribution in [-0.2, 0) is 4.79 Å². The molecule has 0 atom stereocenters. The topological polar surface area (TPSA) is 110 Å². The Bertz CT molecular complexity index is 1460. The summed E-state index contributed by atoms with van der Waals surface area (Å²) in [6, 6.07) is 5.34. The maximum Gasteiger partial charge on any atom is 0.259 e. The van der Waals surface area contributed by atoms with Crippen molar-refractivity contribution in [3.8, 4) is 16.9 Å². The SMILES string of the molecule is COc1cnc(Cl)cc1-c1cc(C)ncc1C(=O)Nc1nc2ncc(N3CCCCC3=O)cc2s1. The van der Waals surface area contributed by atoms with Crippen LogP contribution in [0.3, 0.4) is 0 Å². The molecule has 0 aliphatic carbocycles. The molecule has 1 N–H and O–H groups in total. The fourth-order valence-corrected chi connectivity index (χ4v) is 5.02. The molecule has 1 fully saturated rings. The zero-order valence-corrected chi connectivity index (χ0v) is 20.6. The first kappa shape index (κ1) is 23.1. The lowest BCUT2D eigenvalue weighted by Gasteiger charge is -2.26. The molecule has 5 heterocycles. The van der Waals surface area contributed by atoms with Crippen molar-refractivity contribution in [2.24, 2.45) is 0 Å². The van der Waals surface area contributed by atoms with Crippen LogP contribution >= 0.6 is 22.9 Å². The van der Waals surface area contributed by atoms with Crippen LogP contribution in [0.5, 0.6) is 5.75 Å². The Labute approximate surface area is 210 Å². The van der Waals surface area contributed by atoms with E-state index in [9.17, 15) is 9.59 Å². The number of pyridine rings is 3. The van der Waals surface area contributed by atoms with Crippen LogP contribution in [-0.4, -0.2) is 45.4 Å². The van der Waals surface area contributed by atoms with Gasteiger partial charge in [-0.05, 0) is 38.0 Å². The number of aromatic nitrogens is 4. The molecule has 0 spiro atoms. The fourth-order valence-electron chi connectivity index (χ4n) is 4.01. The van der Waals surface area contributed by atoms with Crippen LogP contribution in [0, 0.1) is 6.92 Å². The molecule has 0 unspecified atom stereocenters. The molecule has 0 bridgehead atoms. The predicted molar refractivity (Wildman–Crippen MR) is 135 cm³/mol. The first-order chi connectivity index (χ1) is 16.9. The number of thiazole rings is 1. The number of hydrogen-bond donors (Lipinski definition) is 1. The lowest BCUT2D eigenvalue weighted by molar-refractivity contribution is -0.119. The summed E-state index contributed by atoms with van der Waals surface area (Å²) in [5, 5.41) is 3.53. The number of anilines is 2. The van der Waals surface area contributed by atoms with Crippen LogP contribution in [0.2, 0.25) is 5.15 Å². The number of aryl methyl sites for hydroxylation is 1. The van der Waals surface area contributed by atoms with Crippen molar-refractivity contribution in [3.05, 3.63) is 53.2 Å². The van der Waals surface area contributed by atoms with Gasteiger partial charge in [0.15, 0.2) is 10.8 Å². The van der Waals surface area contributed by atoms with Gasteiger partial charge in [0.2, 0.25) is 5.91 Å². The Morgan fingerprint density at radius 2 is 1.97 bits per heavy atom. The molecular weight excluding hydrogens is 488 g/mol. The third-order valence-electron chi connectivity index (χ3n) is 5.72. The van der Waals surface area contributed by atoms with E-state index in [4.69, 9.17) is 16.3 Å². The van der Waals surface area contributed by atoms with E-state index in [0.717, 1.165) is 28.9 Å². The van der Waals surface area contributed by atoms with Gasteiger partial charge in [-0.2, -0.15) is 4.98 Å². The van der Waals surface area contributed by atoms with Crippen molar-refractivity contribution in [3.63, 3.8) is 0 Å². The molecule has 0 aromatic carbocycles. The highest BCUT2D eigenvalue weighted by molar-refractivity contribution is 7.22. The molecule has 35 heavy (non-hydrogen) atoms. The second-order valence-electron chi connectivity index (χ2n) is 8.07. The second kappa shape index (κ2) is 9.55. The number of rotatable bonds is 5. The normalized spacial score (nSPS) is 13.8. The molecule has 178 valence electrons. The van der Waals surface area contributed by atoms with Gasteiger partial charge in [-0.15, -0.1) is 0 Å². The second-order valence-corrected chi connectivity index (χ2v) is 9.49. The Hall–Kier alpha value is -3.63. The number of nitrogens with one attached hydrogen (secondary N) is 1. The van der Waals surface area contributed by atoms with Crippen molar-refractivity contribution >= 4 is 55.9 Å². The molecule has 4 aromatic heterocycles. The van der Waals surface area contributed by atoms with Gasteiger partial charge in [-0.3, -0.25) is 19.9 Å². The van der Waals surface area contributed by atoms with Crippen molar-refractivity contribution in [1.29, 1.82) is 0 Å². The van der Waals surface area contributed by atoms with Crippen LogP contribution in [0.15, 0.2) is 36.8 Å². The molecule has 9 nitrogen and oxygen atoms in total. The minimum absolute atomic E-state index is 0.0986. The summed E-state index contributed by atoms with van der Waals surface area (Å²) in [5.41, 5.74) is 3.56. The van der Waals surface area contributed by atoms with Crippen molar-refractivity contribution in [2.75, 3.05) is 23.9 Å². The molecule has 5 rings (SSSR count). The molecule has 2 amide bonds. The zero-order chi connectivity index (χ0) is 24.5. The maximum absolute atomic E-state index is 13.3. The first-order valence-corrected chi connectivity index (χ1v) is 12.2. The van der Waals surface area contributed by atoms with E-state index in [1.807, 2.05) is 13.0 Å². The Balaban J connectivity index is 1.46. The number of amides is 2. The number of halogens is 1. The fraction of sp³-hybridized carbons (Fsp3) is 0.250. The molecule has 0 radical (unpaired) electrons. The number of carbonyl (C=O) groups is 2. The average Bonchev–Trinajstić information content (AvgIpc) is 3.25. The number of ether oxygens (including phenoxy) is 1. The molecule has 1 aliphatic rings. The monoisotopic (exact) mass is 508 g/mol. The van der Waals surface area contributed by atoms with Crippen molar-refractivity contribution in [1.82, 2.24) is 19.9 Å². The molecule has 1 aliphatic heterocycles. The van der Waals surface area contributed by atoms with Gasteiger partial charge < -0.3 is 9.64 Å². The van der Waals surface area contributed by atoms with E-state index in [0.29, 0.717) is 46.2 Å². The summed E-state index contributed by atoms with van der Waals surface area (Å²) in [4.78, 5) is 44.5. The van der Waals surface area contributed by atoms with E-state index >= 15 is 0 Å². The van der Waals surface area contributed by atoms with Gasteiger partial charge in [0.1, 0.15) is 10.9 Å². The average molecular weight is 509 g/mol. The van der Waals surface area contributed by atoms with Crippen LogP contribution in [0.4, 0.5) is 10.8 Å². The third-order valence-corrected chi connectivity index (χ3v) is 6.83. The van der Waals surface area contributed by atoms with Gasteiger partial charge in [0.05, 0.1) is 35.5 Å². The Morgan fingerprint density at radius 3 is 2.77 bits per heavy atom. The van der Waals surface area contributed by atoms with Gasteiger partial charge in [-0.1, -0.05) is 22.9 Å². The number of carbonyl (C=O) groups excluding carboxylic acids is 2. The lowest BCUT2D eigenvalue weighted by atomic mass is 10.0. The largest absolute Gasteiger partial charge is 0.494 e. The highest BCUT2D eigenvalue weighted by atomic mass is 35.5. The molecule has 0 saturated carbocycles. The minimum atomic E-state index is -0.382. The van der Waals surface area contributed by atoms with E-state index in [-0.39, 0.29) is 17.0 Å². The maximum atomic E-state index is 13.3. The highest BCUT2D eigenvalue weighted by Crippen LogP contribution is 2.35. The minimum Gasteiger partial charge on any atom is -0.494 e. The van der Waals surface area contributed by atoms with Crippen molar-refractivity contribution < 1.29 is 14.3 Å². The molecule has 11 heteroatoms. The van der Waals surface area contributed by atoms with Crippen LogP contribution < -0.4 is 15.0 Å². The number of nitrogens with zero attached hydrogens (tertiary/aromatic N) is 5. The van der Waals surface area contributed by atoms with Gasteiger partial charge >= 0.3 is 0 Å². The smallest absolute Gasteiger partial charge is 0.259 e. The summed E-state index contributed by atoms with van der Waals surface area (Å²) in [5.74, 6) is 0.201. The quantitative estimate of drug-likeness (QED) is 0.382. The highest BCUT2D eigenvalue weighted by Gasteiger charge is 2.22. The molecule has 1 saturated heterocycles. The number of hydrogen-bond acceptors (Lipinski definition) is 8. The number of piperidine rings is 1. The zero-order valence-electron chi connectivity index (χ0n) is 19.0.